The largest absolute Gasteiger partial charge is 0.339 e. The first kappa shape index (κ1) is 12.1. The molecule has 2 aromatic carbocycles. The van der Waals surface area contributed by atoms with Crippen LogP contribution in [0.2, 0.25) is 0 Å². The molecule has 0 fully saturated rings. The minimum atomic E-state index is -0.199. The molecule has 0 bridgehead atoms. The zero-order valence-corrected chi connectivity index (χ0v) is 11.9. The van der Waals surface area contributed by atoms with E-state index in [4.69, 9.17) is 0 Å². The summed E-state index contributed by atoms with van der Waals surface area (Å²) in [5.41, 5.74) is 2.58. The van der Waals surface area contributed by atoms with E-state index in [2.05, 4.69) is 25.9 Å². The normalized spacial score (nSPS) is 10.8. The lowest BCUT2D eigenvalue weighted by Crippen LogP contribution is -2.10. The summed E-state index contributed by atoms with van der Waals surface area (Å²) in [5, 5.41) is 0.626. The average Bonchev–Trinajstić information content (AvgIpc) is 2.41. The number of H-pyrrole nitrogens is 1. The Labute approximate surface area is 118 Å². The van der Waals surface area contributed by atoms with E-state index in [-0.39, 0.29) is 5.56 Å². The molecule has 3 nitrogen and oxygen atoms in total. The minimum Gasteiger partial charge on any atom is -0.339 e. The van der Waals surface area contributed by atoms with Crippen LogP contribution in [0.15, 0.2) is 51.7 Å². The van der Waals surface area contributed by atoms with Crippen LogP contribution in [0.25, 0.3) is 22.3 Å². The number of rotatable bonds is 1. The van der Waals surface area contributed by atoms with Crippen LogP contribution in [0.5, 0.6) is 0 Å². The minimum absolute atomic E-state index is 0.199. The molecule has 0 radical (unpaired) electrons. The highest BCUT2D eigenvalue weighted by atomic mass is 79.9. The molecule has 0 aliphatic heterocycles. The van der Waals surface area contributed by atoms with Crippen LogP contribution >= 0.6 is 15.9 Å². The summed E-state index contributed by atoms with van der Waals surface area (Å²) in [6.07, 6.45) is 0. The number of aromatic nitrogens is 2. The van der Waals surface area contributed by atoms with Crippen LogP contribution in [-0.4, -0.2) is 9.97 Å². The molecule has 94 valence electrons. The molecule has 0 saturated carbocycles. The maximum Gasteiger partial charge on any atom is 0.281 e. The van der Waals surface area contributed by atoms with E-state index in [1.165, 1.54) is 0 Å². The molecule has 19 heavy (non-hydrogen) atoms. The molecule has 0 saturated heterocycles. The van der Waals surface area contributed by atoms with Crippen molar-refractivity contribution in [1.29, 1.82) is 0 Å². The fourth-order valence-corrected chi connectivity index (χ4v) is 2.33. The van der Waals surface area contributed by atoms with Crippen LogP contribution in [0.1, 0.15) is 5.56 Å². The molecule has 4 heteroatoms. The summed E-state index contributed by atoms with van der Waals surface area (Å²) in [5.74, 6) is 0.597. The van der Waals surface area contributed by atoms with Crippen molar-refractivity contribution in [3.63, 3.8) is 0 Å². The third kappa shape index (κ3) is 2.19. The first-order valence-electron chi connectivity index (χ1n) is 5.91. The van der Waals surface area contributed by atoms with E-state index in [1.807, 2.05) is 43.3 Å². The van der Waals surface area contributed by atoms with E-state index in [1.54, 1.807) is 6.07 Å². The Kier molecular flexibility index (Phi) is 2.95. The van der Waals surface area contributed by atoms with Crippen LogP contribution in [0.4, 0.5) is 0 Å². The molecular formula is C15H11BrN2O. The van der Waals surface area contributed by atoms with Gasteiger partial charge in [0.2, 0.25) is 0 Å². The molecule has 1 N–H and O–H groups in total. The van der Waals surface area contributed by atoms with E-state index >= 15 is 0 Å². The van der Waals surface area contributed by atoms with Crippen LogP contribution in [-0.2, 0) is 0 Å². The molecule has 0 unspecified atom stereocenters. The Morgan fingerprint density at radius 2 is 1.84 bits per heavy atom. The van der Waals surface area contributed by atoms with Crippen LogP contribution < -0.4 is 5.56 Å². The lowest BCUT2D eigenvalue weighted by molar-refractivity contribution is 1.17. The number of aromatic amines is 1. The van der Waals surface area contributed by atoms with Gasteiger partial charge < -0.3 is 4.98 Å². The molecule has 0 atom stereocenters. The third-order valence-electron chi connectivity index (χ3n) is 3.08. The molecule has 1 heterocycles. The van der Waals surface area contributed by atoms with Crippen molar-refractivity contribution in [3.05, 3.63) is 62.9 Å². The van der Waals surface area contributed by atoms with E-state index in [0.717, 1.165) is 21.1 Å². The smallest absolute Gasteiger partial charge is 0.281 e. The second-order valence-electron chi connectivity index (χ2n) is 4.39. The summed E-state index contributed by atoms with van der Waals surface area (Å²) in [4.78, 5) is 19.4. The number of hydrogen-bond acceptors (Lipinski definition) is 2. The fraction of sp³-hybridized carbons (Fsp3) is 0.0667. The number of nitrogens with one attached hydrogen (secondary N) is 1. The van der Waals surface area contributed by atoms with Crippen molar-refractivity contribution in [2.45, 2.75) is 6.92 Å². The number of benzene rings is 2. The zero-order chi connectivity index (χ0) is 13.4. The topological polar surface area (TPSA) is 45.8 Å². The van der Waals surface area contributed by atoms with Gasteiger partial charge in [-0.15, -0.1) is 0 Å². The van der Waals surface area contributed by atoms with E-state index in [9.17, 15) is 4.79 Å². The van der Waals surface area contributed by atoms with Gasteiger partial charge in [0.05, 0.1) is 10.9 Å². The lowest BCUT2D eigenvalue weighted by Gasteiger charge is -2.05. The van der Waals surface area contributed by atoms with Gasteiger partial charge in [0, 0.05) is 10.0 Å². The Morgan fingerprint density at radius 3 is 2.58 bits per heavy atom. The Hall–Kier alpha value is -1.94. The molecule has 1 aromatic heterocycles. The van der Waals surface area contributed by atoms with Crippen molar-refractivity contribution < 1.29 is 0 Å². The molecule has 0 aliphatic rings. The predicted molar refractivity (Wildman–Crippen MR) is 80.2 cm³/mol. The Bertz CT molecular complexity index is 806. The highest BCUT2D eigenvalue weighted by Crippen LogP contribution is 2.20. The summed E-state index contributed by atoms with van der Waals surface area (Å²) in [6.45, 7) is 1.98. The van der Waals surface area contributed by atoms with E-state index in [0.29, 0.717) is 11.2 Å². The predicted octanol–water partition coefficient (Wildman–Crippen LogP) is 3.66. The molecule has 0 amide bonds. The van der Waals surface area contributed by atoms with Crippen LogP contribution in [0.3, 0.4) is 0 Å². The van der Waals surface area contributed by atoms with Crippen molar-refractivity contribution in [2.75, 3.05) is 0 Å². The van der Waals surface area contributed by atoms with Gasteiger partial charge in [-0.3, -0.25) is 4.79 Å². The molecule has 3 rings (SSSR count). The second kappa shape index (κ2) is 4.63. The first-order chi connectivity index (χ1) is 9.15. The van der Waals surface area contributed by atoms with Crippen molar-refractivity contribution in [3.8, 4) is 11.4 Å². The summed E-state index contributed by atoms with van der Waals surface area (Å²) in [6, 6.07) is 13.3. The van der Waals surface area contributed by atoms with Gasteiger partial charge in [0.1, 0.15) is 5.82 Å². The summed E-state index contributed by atoms with van der Waals surface area (Å²) < 4.78 is 0.996. The fourth-order valence-electron chi connectivity index (χ4n) is 2.06. The SMILES string of the molecule is Cc1cccc2c(=O)nc(-c3ccc(Br)cc3)[nH]c12. The Balaban J connectivity index is 2.29. The quantitative estimate of drug-likeness (QED) is 0.745. The van der Waals surface area contributed by atoms with Crippen molar-refractivity contribution >= 4 is 26.8 Å². The number of para-hydroxylation sites is 1. The average molecular weight is 315 g/mol. The number of aryl methyl sites for hydroxylation is 1. The van der Waals surface area contributed by atoms with Crippen LogP contribution in [0, 0.1) is 6.92 Å². The number of fused-ring (bicyclic) bond motifs is 1. The standard InChI is InChI=1S/C15H11BrN2O/c1-9-3-2-4-12-13(9)17-14(18-15(12)19)10-5-7-11(16)8-6-10/h2-8H,1H3,(H,17,18,19). The number of nitrogens with zero attached hydrogens (tertiary/aromatic N) is 1. The highest BCUT2D eigenvalue weighted by molar-refractivity contribution is 9.10. The maximum absolute atomic E-state index is 12.1. The summed E-state index contributed by atoms with van der Waals surface area (Å²) in [7, 11) is 0. The van der Waals surface area contributed by atoms with E-state index < -0.39 is 0 Å². The Morgan fingerprint density at radius 1 is 1.11 bits per heavy atom. The van der Waals surface area contributed by atoms with Gasteiger partial charge in [-0.2, -0.15) is 4.98 Å². The highest BCUT2D eigenvalue weighted by Gasteiger charge is 2.07. The molecule has 0 aliphatic carbocycles. The van der Waals surface area contributed by atoms with Gasteiger partial charge >= 0.3 is 0 Å². The van der Waals surface area contributed by atoms with Crippen molar-refractivity contribution in [1.82, 2.24) is 9.97 Å². The second-order valence-corrected chi connectivity index (χ2v) is 5.31. The summed E-state index contributed by atoms with van der Waals surface area (Å²) >= 11 is 3.39. The third-order valence-corrected chi connectivity index (χ3v) is 3.61. The molecular weight excluding hydrogens is 304 g/mol. The zero-order valence-electron chi connectivity index (χ0n) is 10.3. The van der Waals surface area contributed by atoms with Gasteiger partial charge in [-0.1, -0.05) is 40.2 Å². The molecule has 0 spiro atoms. The first-order valence-corrected chi connectivity index (χ1v) is 6.70. The number of hydrogen-bond donors (Lipinski definition) is 1. The molecule has 3 aromatic rings. The van der Waals surface area contributed by atoms with Crippen molar-refractivity contribution in [2.24, 2.45) is 0 Å². The number of halogens is 1. The van der Waals surface area contributed by atoms with Gasteiger partial charge in [0.15, 0.2) is 0 Å². The van der Waals surface area contributed by atoms with Gasteiger partial charge in [0.25, 0.3) is 5.56 Å². The maximum atomic E-state index is 12.1. The lowest BCUT2D eigenvalue weighted by atomic mass is 10.1. The van der Waals surface area contributed by atoms with Gasteiger partial charge in [-0.05, 0) is 30.7 Å². The van der Waals surface area contributed by atoms with Gasteiger partial charge in [-0.25, -0.2) is 0 Å². The monoisotopic (exact) mass is 314 g/mol.